The summed E-state index contributed by atoms with van der Waals surface area (Å²) < 4.78 is 12.8. The minimum absolute atomic E-state index is 0.134. The SMILES string of the molecule is O=CC#Cc1cc(Cl)ccc1F. The number of carbonyl (C=O) groups is 1. The van der Waals surface area contributed by atoms with Crippen LogP contribution in [0.25, 0.3) is 0 Å². The van der Waals surface area contributed by atoms with Gasteiger partial charge in [0.05, 0.1) is 5.56 Å². The summed E-state index contributed by atoms with van der Waals surface area (Å²) in [6.45, 7) is 0. The van der Waals surface area contributed by atoms with Gasteiger partial charge >= 0.3 is 0 Å². The fourth-order valence-electron chi connectivity index (χ4n) is 0.701. The van der Waals surface area contributed by atoms with Crippen molar-refractivity contribution < 1.29 is 9.18 Å². The molecule has 60 valence electrons. The molecule has 0 atom stereocenters. The Balaban J connectivity index is 3.13. The second-order valence-electron chi connectivity index (χ2n) is 2.01. The van der Waals surface area contributed by atoms with E-state index in [2.05, 4.69) is 11.8 Å². The van der Waals surface area contributed by atoms with Gasteiger partial charge in [-0.2, -0.15) is 0 Å². The van der Waals surface area contributed by atoms with Crippen molar-refractivity contribution in [3.63, 3.8) is 0 Å². The first-order chi connectivity index (χ1) is 5.74. The highest BCUT2D eigenvalue weighted by atomic mass is 35.5. The highest BCUT2D eigenvalue weighted by Gasteiger charge is 1.98. The van der Waals surface area contributed by atoms with Gasteiger partial charge in [-0.25, -0.2) is 4.39 Å². The molecule has 0 saturated carbocycles. The Labute approximate surface area is 74.2 Å². The lowest BCUT2D eigenvalue weighted by atomic mass is 10.2. The van der Waals surface area contributed by atoms with E-state index in [1.54, 1.807) is 0 Å². The van der Waals surface area contributed by atoms with Gasteiger partial charge in [-0.1, -0.05) is 17.5 Å². The van der Waals surface area contributed by atoms with Crippen LogP contribution in [0.1, 0.15) is 5.56 Å². The van der Waals surface area contributed by atoms with Crippen LogP contribution < -0.4 is 0 Å². The predicted molar refractivity (Wildman–Crippen MR) is 44.4 cm³/mol. The monoisotopic (exact) mass is 182 g/mol. The lowest BCUT2D eigenvalue weighted by Crippen LogP contribution is -1.82. The first-order valence-electron chi connectivity index (χ1n) is 3.14. The van der Waals surface area contributed by atoms with Crippen LogP contribution in [0.15, 0.2) is 18.2 Å². The third kappa shape index (κ3) is 2.08. The van der Waals surface area contributed by atoms with Crippen LogP contribution >= 0.6 is 11.6 Å². The highest BCUT2D eigenvalue weighted by molar-refractivity contribution is 6.30. The average Bonchev–Trinajstić information content (AvgIpc) is 2.07. The number of aldehydes is 1. The Morgan fingerprint density at radius 2 is 2.25 bits per heavy atom. The Hall–Kier alpha value is -1.33. The molecule has 0 amide bonds. The second kappa shape index (κ2) is 3.89. The smallest absolute Gasteiger partial charge is 0.193 e. The minimum atomic E-state index is -0.478. The zero-order valence-electron chi connectivity index (χ0n) is 5.97. The van der Waals surface area contributed by atoms with Gasteiger partial charge in [0.2, 0.25) is 0 Å². The molecule has 1 rings (SSSR count). The normalized spacial score (nSPS) is 8.50. The van der Waals surface area contributed by atoms with Gasteiger partial charge in [0, 0.05) is 5.02 Å². The van der Waals surface area contributed by atoms with Crippen LogP contribution in [-0.4, -0.2) is 6.29 Å². The van der Waals surface area contributed by atoms with Gasteiger partial charge in [0.15, 0.2) is 6.29 Å². The molecule has 12 heavy (non-hydrogen) atoms. The molecule has 1 aromatic carbocycles. The van der Waals surface area contributed by atoms with Crippen LogP contribution in [-0.2, 0) is 4.79 Å². The van der Waals surface area contributed by atoms with Gasteiger partial charge < -0.3 is 0 Å². The molecular weight excluding hydrogens is 179 g/mol. The van der Waals surface area contributed by atoms with Crippen LogP contribution in [0.5, 0.6) is 0 Å². The van der Waals surface area contributed by atoms with E-state index in [4.69, 9.17) is 11.6 Å². The summed E-state index contributed by atoms with van der Waals surface area (Å²) in [6, 6.07) is 3.99. The van der Waals surface area contributed by atoms with Crippen molar-refractivity contribution in [2.75, 3.05) is 0 Å². The van der Waals surface area contributed by atoms with Crippen LogP contribution in [0, 0.1) is 17.7 Å². The van der Waals surface area contributed by atoms with Crippen molar-refractivity contribution in [2.45, 2.75) is 0 Å². The summed E-state index contributed by atoms with van der Waals surface area (Å²) >= 11 is 5.57. The molecule has 1 nitrogen and oxygen atoms in total. The van der Waals surface area contributed by atoms with Crippen molar-refractivity contribution in [2.24, 2.45) is 0 Å². The maximum Gasteiger partial charge on any atom is 0.193 e. The Bertz CT molecular complexity index is 363. The lowest BCUT2D eigenvalue weighted by molar-refractivity contribution is -0.103. The summed E-state index contributed by atoms with van der Waals surface area (Å²) in [6.07, 6.45) is 0.403. The fraction of sp³-hybridized carbons (Fsp3) is 0. The number of hydrogen-bond donors (Lipinski definition) is 0. The summed E-state index contributed by atoms with van der Waals surface area (Å²) in [5, 5.41) is 0.395. The Morgan fingerprint density at radius 3 is 2.92 bits per heavy atom. The van der Waals surface area contributed by atoms with Gasteiger partial charge in [-0.15, -0.1) is 0 Å². The molecule has 0 aliphatic heterocycles. The second-order valence-corrected chi connectivity index (χ2v) is 2.45. The molecule has 0 bridgehead atoms. The molecule has 0 saturated heterocycles. The van der Waals surface area contributed by atoms with E-state index in [1.165, 1.54) is 18.2 Å². The van der Waals surface area contributed by atoms with Crippen molar-refractivity contribution in [3.8, 4) is 11.8 Å². The number of hydrogen-bond acceptors (Lipinski definition) is 1. The van der Waals surface area contributed by atoms with E-state index < -0.39 is 5.82 Å². The quantitative estimate of drug-likeness (QED) is 0.443. The molecule has 0 aromatic heterocycles. The molecule has 0 fully saturated rings. The summed E-state index contributed by atoms with van der Waals surface area (Å²) in [4.78, 5) is 9.85. The van der Waals surface area contributed by atoms with Gasteiger partial charge in [0.1, 0.15) is 5.82 Å². The number of carbonyl (C=O) groups excluding carboxylic acids is 1. The molecule has 0 unspecified atom stereocenters. The highest BCUT2D eigenvalue weighted by Crippen LogP contribution is 2.13. The minimum Gasteiger partial charge on any atom is -0.289 e. The van der Waals surface area contributed by atoms with E-state index in [0.29, 0.717) is 11.3 Å². The fourth-order valence-corrected chi connectivity index (χ4v) is 0.873. The summed E-state index contributed by atoms with van der Waals surface area (Å²) in [5.74, 6) is 3.95. The average molecular weight is 183 g/mol. The van der Waals surface area contributed by atoms with Crippen molar-refractivity contribution in [1.29, 1.82) is 0 Å². The molecule has 0 spiro atoms. The Kier molecular flexibility index (Phi) is 2.84. The third-order valence-corrected chi connectivity index (χ3v) is 1.43. The molecule has 0 heterocycles. The van der Waals surface area contributed by atoms with E-state index in [0.717, 1.165) is 0 Å². The van der Waals surface area contributed by atoms with Crippen molar-refractivity contribution in [3.05, 3.63) is 34.6 Å². The molecule has 1 aromatic rings. The van der Waals surface area contributed by atoms with E-state index in [9.17, 15) is 9.18 Å². The zero-order chi connectivity index (χ0) is 8.97. The topological polar surface area (TPSA) is 17.1 Å². The van der Waals surface area contributed by atoms with Crippen LogP contribution in [0.3, 0.4) is 0 Å². The molecule has 0 aliphatic carbocycles. The first-order valence-corrected chi connectivity index (χ1v) is 3.52. The van der Waals surface area contributed by atoms with E-state index in [1.807, 2.05) is 0 Å². The number of benzene rings is 1. The zero-order valence-corrected chi connectivity index (χ0v) is 6.73. The molecular formula is C9H4ClFO. The maximum atomic E-state index is 12.8. The molecule has 0 radical (unpaired) electrons. The van der Waals surface area contributed by atoms with Crippen LogP contribution in [0.4, 0.5) is 4.39 Å². The number of rotatable bonds is 0. The third-order valence-electron chi connectivity index (χ3n) is 1.19. The predicted octanol–water partition coefficient (Wildman–Crippen LogP) is 2.03. The summed E-state index contributed by atoms with van der Waals surface area (Å²) in [5.41, 5.74) is 0.134. The lowest BCUT2D eigenvalue weighted by Gasteiger charge is -1.93. The van der Waals surface area contributed by atoms with Crippen LogP contribution in [0.2, 0.25) is 5.02 Å². The molecule has 3 heteroatoms. The molecule has 0 N–H and O–H groups in total. The summed E-state index contributed by atoms with van der Waals surface area (Å²) in [7, 11) is 0. The van der Waals surface area contributed by atoms with E-state index in [-0.39, 0.29) is 5.56 Å². The van der Waals surface area contributed by atoms with Gasteiger partial charge in [0.25, 0.3) is 0 Å². The standard InChI is InChI=1S/C9H4ClFO/c10-8-3-4-9(11)7(6-8)2-1-5-12/h3-6H. The molecule has 0 aliphatic rings. The first kappa shape index (κ1) is 8.76. The maximum absolute atomic E-state index is 12.8. The largest absolute Gasteiger partial charge is 0.289 e. The van der Waals surface area contributed by atoms with Gasteiger partial charge in [-0.3, -0.25) is 4.79 Å². The van der Waals surface area contributed by atoms with Crippen molar-refractivity contribution >= 4 is 17.9 Å². The van der Waals surface area contributed by atoms with Crippen molar-refractivity contribution in [1.82, 2.24) is 0 Å². The van der Waals surface area contributed by atoms with E-state index >= 15 is 0 Å². The van der Waals surface area contributed by atoms with Gasteiger partial charge in [-0.05, 0) is 24.1 Å². The number of halogens is 2. The Morgan fingerprint density at radius 1 is 1.50 bits per heavy atom.